The maximum absolute atomic E-state index is 13.1. The number of hydrogen-bond donors (Lipinski definition) is 3. The molecule has 0 atom stereocenters. The van der Waals surface area contributed by atoms with Crippen LogP contribution in [0.4, 0.5) is 21.5 Å². The Kier molecular flexibility index (Phi) is 5.80. The van der Waals surface area contributed by atoms with E-state index in [1.165, 1.54) is 12.1 Å². The van der Waals surface area contributed by atoms with E-state index >= 15 is 0 Å². The number of rotatable bonds is 7. The number of methoxy groups -OCH3 is 1. The van der Waals surface area contributed by atoms with Crippen LogP contribution in [-0.4, -0.2) is 26.4 Å². The number of amides is 1. The van der Waals surface area contributed by atoms with Crippen LogP contribution in [0.1, 0.15) is 10.5 Å². The van der Waals surface area contributed by atoms with Gasteiger partial charge < -0.3 is 15.0 Å². The van der Waals surface area contributed by atoms with Crippen molar-refractivity contribution in [1.82, 2.24) is 9.71 Å². The molecule has 168 valence electrons. The van der Waals surface area contributed by atoms with Gasteiger partial charge in [-0.25, -0.2) is 17.5 Å². The fourth-order valence-electron chi connectivity index (χ4n) is 3.22. The topological polar surface area (TPSA) is 130 Å². The number of carbonyl (C=O) groups is 1. The van der Waals surface area contributed by atoms with Gasteiger partial charge in [-0.15, -0.1) is 4.91 Å². The first-order chi connectivity index (χ1) is 15.8. The monoisotopic (exact) mass is 468 g/mol. The van der Waals surface area contributed by atoms with E-state index in [1.54, 1.807) is 37.4 Å². The molecule has 33 heavy (non-hydrogen) atoms. The predicted octanol–water partition coefficient (Wildman–Crippen LogP) is 4.58. The predicted molar refractivity (Wildman–Crippen MR) is 121 cm³/mol. The second kappa shape index (κ2) is 8.71. The van der Waals surface area contributed by atoms with Gasteiger partial charge in [0.1, 0.15) is 22.9 Å². The largest absolute Gasteiger partial charge is 0.497 e. The van der Waals surface area contributed by atoms with Crippen molar-refractivity contribution in [3.8, 4) is 5.75 Å². The molecule has 3 N–H and O–H groups in total. The summed E-state index contributed by atoms with van der Waals surface area (Å²) in [6.07, 6.45) is 0. The van der Waals surface area contributed by atoms with Crippen molar-refractivity contribution in [2.75, 3.05) is 12.4 Å². The lowest BCUT2D eigenvalue weighted by atomic mass is 10.1. The molecule has 0 unspecified atom stereocenters. The van der Waals surface area contributed by atoms with Gasteiger partial charge in [-0.1, -0.05) is 6.07 Å². The molecule has 0 aliphatic carbocycles. The van der Waals surface area contributed by atoms with Crippen LogP contribution in [0, 0.1) is 10.7 Å². The summed E-state index contributed by atoms with van der Waals surface area (Å²) in [5.41, 5.74) is 1.42. The third-order valence-corrected chi connectivity index (χ3v) is 6.16. The standard InChI is InChI=1S/C22H17FN4O5S/c1-32-15-4-2-3-14(11-15)24-18-9-10-19(26-29)21-17(18)12-20(25-21)22(28)27-33(30,31)16-7-5-13(23)6-8-16/h2-12,24-25H,1H3,(H,27,28). The molecule has 1 aromatic heterocycles. The molecule has 0 spiro atoms. The first kappa shape index (κ1) is 22.0. The molecule has 3 aromatic carbocycles. The van der Waals surface area contributed by atoms with Crippen molar-refractivity contribution in [2.24, 2.45) is 5.18 Å². The fourth-order valence-corrected chi connectivity index (χ4v) is 4.18. The molecule has 4 rings (SSSR count). The normalized spacial score (nSPS) is 11.2. The van der Waals surface area contributed by atoms with E-state index in [9.17, 15) is 22.5 Å². The van der Waals surface area contributed by atoms with Crippen molar-refractivity contribution >= 4 is 43.9 Å². The van der Waals surface area contributed by atoms with E-state index in [-0.39, 0.29) is 21.8 Å². The van der Waals surface area contributed by atoms with Gasteiger partial charge >= 0.3 is 0 Å². The summed E-state index contributed by atoms with van der Waals surface area (Å²) in [6.45, 7) is 0. The second-order valence-electron chi connectivity index (χ2n) is 6.94. The Morgan fingerprint density at radius 2 is 1.82 bits per heavy atom. The van der Waals surface area contributed by atoms with Gasteiger partial charge in [-0.05, 0) is 59.8 Å². The summed E-state index contributed by atoms with van der Waals surface area (Å²) in [6, 6.07) is 15.6. The molecule has 0 saturated carbocycles. The van der Waals surface area contributed by atoms with Crippen LogP contribution in [0.5, 0.6) is 5.75 Å². The van der Waals surface area contributed by atoms with Gasteiger partial charge in [0.15, 0.2) is 0 Å². The molecular weight excluding hydrogens is 451 g/mol. The molecule has 0 aliphatic heterocycles. The van der Waals surface area contributed by atoms with Gasteiger partial charge in [0.05, 0.1) is 17.5 Å². The highest BCUT2D eigenvalue weighted by Crippen LogP contribution is 2.34. The van der Waals surface area contributed by atoms with Crippen molar-refractivity contribution in [3.63, 3.8) is 0 Å². The summed E-state index contributed by atoms with van der Waals surface area (Å²) in [5.74, 6) is -0.942. The molecule has 11 heteroatoms. The number of ether oxygens (including phenoxy) is 1. The number of carbonyl (C=O) groups excluding carboxylic acids is 1. The zero-order valence-corrected chi connectivity index (χ0v) is 17.9. The molecule has 0 bridgehead atoms. The van der Waals surface area contributed by atoms with E-state index in [0.717, 1.165) is 24.3 Å². The number of aromatic amines is 1. The quantitative estimate of drug-likeness (QED) is 0.341. The van der Waals surface area contributed by atoms with Crippen molar-refractivity contribution < 1.29 is 22.3 Å². The zero-order valence-electron chi connectivity index (χ0n) is 17.1. The minimum absolute atomic E-state index is 0.0432. The molecule has 4 aromatic rings. The highest BCUT2D eigenvalue weighted by Gasteiger charge is 2.21. The first-order valence-electron chi connectivity index (χ1n) is 9.53. The molecule has 1 heterocycles. The first-order valence-corrected chi connectivity index (χ1v) is 11.0. The molecule has 0 radical (unpaired) electrons. The molecule has 1 amide bonds. The zero-order chi connectivity index (χ0) is 23.6. The van der Waals surface area contributed by atoms with Crippen LogP contribution in [0.15, 0.2) is 76.8 Å². The number of nitrogens with zero attached hydrogens (tertiary/aromatic N) is 1. The van der Waals surface area contributed by atoms with Gasteiger partial charge in [-0.2, -0.15) is 0 Å². The number of fused-ring (bicyclic) bond motifs is 1. The number of nitroso groups, excluding NO2 is 1. The van der Waals surface area contributed by atoms with Crippen LogP contribution in [0.3, 0.4) is 0 Å². The van der Waals surface area contributed by atoms with E-state index in [4.69, 9.17) is 4.74 Å². The number of anilines is 2. The third-order valence-electron chi connectivity index (χ3n) is 4.81. The van der Waals surface area contributed by atoms with Crippen LogP contribution in [0.2, 0.25) is 0 Å². The van der Waals surface area contributed by atoms with Gasteiger partial charge in [0.25, 0.3) is 15.9 Å². The number of H-pyrrole nitrogens is 1. The smallest absolute Gasteiger partial charge is 0.281 e. The minimum atomic E-state index is -4.24. The van der Waals surface area contributed by atoms with E-state index in [0.29, 0.717) is 22.5 Å². The average Bonchev–Trinajstić information content (AvgIpc) is 3.26. The Morgan fingerprint density at radius 3 is 2.52 bits per heavy atom. The minimum Gasteiger partial charge on any atom is -0.497 e. The highest BCUT2D eigenvalue weighted by molar-refractivity contribution is 7.90. The summed E-state index contributed by atoms with van der Waals surface area (Å²) in [7, 11) is -2.70. The maximum atomic E-state index is 13.1. The Bertz CT molecular complexity index is 1470. The van der Waals surface area contributed by atoms with Crippen LogP contribution < -0.4 is 14.8 Å². The lowest BCUT2D eigenvalue weighted by Crippen LogP contribution is -2.30. The Balaban J connectivity index is 1.68. The van der Waals surface area contributed by atoms with Gasteiger partial charge in [0, 0.05) is 22.8 Å². The van der Waals surface area contributed by atoms with Crippen LogP contribution in [-0.2, 0) is 10.0 Å². The highest BCUT2D eigenvalue weighted by atomic mass is 32.2. The van der Waals surface area contributed by atoms with E-state index in [1.807, 2.05) is 4.72 Å². The number of sulfonamides is 1. The van der Waals surface area contributed by atoms with Crippen molar-refractivity contribution in [2.45, 2.75) is 4.90 Å². The van der Waals surface area contributed by atoms with Gasteiger partial charge in [-0.3, -0.25) is 4.79 Å². The molecular formula is C22H17FN4O5S. The third kappa shape index (κ3) is 4.53. The molecule has 9 nitrogen and oxygen atoms in total. The molecule has 0 aliphatic rings. The number of hydrogen-bond acceptors (Lipinski definition) is 7. The average molecular weight is 468 g/mol. The lowest BCUT2D eigenvalue weighted by molar-refractivity contribution is 0.0977. The SMILES string of the molecule is COc1cccc(Nc2ccc(N=O)c3[nH]c(C(=O)NS(=O)(=O)c4ccc(F)cc4)cc23)c1. The Hall–Kier alpha value is -4.25. The Labute approximate surface area is 187 Å². The van der Waals surface area contributed by atoms with Gasteiger partial charge in [0.2, 0.25) is 0 Å². The lowest BCUT2D eigenvalue weighted by Gasteiger charge is -2.09. The van der Waals surface area contributed by atoms with E-state index in [2.05, 4.69) is 15.5 Å². The Morgan fingerprint density at radius 1 is 1.06 bits per heavy atom. The molecule has 0 saturated heterocycles. The summed E-state index contributed by atoms with van der Waals surface area (Å²) >= 11 is 0. The van der Waals surface area contributed by atoms with Crippen LogP contribution >= 0.6 is 0 Å². The summed E-state index contributed by atoms with van der Waals surface area (Å²) in [4.78, 5) is 26.4. The van der Waals surface area contributed by atoms with Crippen molar-refractivity contribution in [3.05, 3.63) is 83.1 Å². The second-order valence-corrected chi connectivity index (χ2v) is 8.62. The maximum Gasteiger partial charge on any atom is 0.281 e. The number of benzene rings is 3. The van der Waals surface area contributed by atoms with E-state index < -0.39 is 21.7 Å². The van der Waals surface area contributed by atoms with Crippen molar-refractivity contribution in [1.29, 1.82) is 0 Å². The summed E-state index contributed by atoms with van der Waals surface area (Å²) < 4.78 is 45.2. The molecule has 0 fully saturated rings. The number of aromatic nitrogens is 1. The summed E-state index contributed by atoms with van der Waals surface area (Å²) in [5, 5.41) is 6.58. The number of halogens is 1. The van der Waals surface area contributed by atoms with Crippen LogP contribution in [0.25, 0.3) is 10.9 Å². The fraction of sp³-hybridized carbons (Fsp3) is 0.0455. The number of nitrogens with one attached hydrogen (secondary N) is 3.